The molecule has 0 radical (unpaired) electrons. The van der Waals surface area contributed by atoms with Crippen molar-refractivity contribution in [3.8, 4) is 11.8 Å². The van der Waals surface area contributed by atoms with Gasteiger partial charge in [-0.15, -0.1) is 0 Å². The van der Waals surface area contributed by atoms with Crippen molar-refractivity contribution < 1.29 is 22.7 Å². The zero-order chi connectivity index (χ0) is 15.7. The minimum absolute atomic E-state index is 0.161. The van der Waals surface area contributed by atoms with Crippen LogP contribution in [0.25, 0.3) is 5.57 Å². The third-order valence-corrected chi connectivity index (χ3v) is 2.21. The topological polar surface area (TPSA) is 26.3 Å². The second kappa shape index (κ2) is 7.95. The minimum Gasteiger partial charge on any atom is -0.463 e. The Balaban J connectivity index is 3.02. The van der Waals surface area contributed by atoms with Gasteiger partial charge in [0.05, 0.1) is 6.61 Å². The second-order valence-electron chi connectivity index (χ2n) is 3.81. The van der Waals surface area contributed by atoms with Crippen LogP contribution >= 0.6 is 0 Å². The number of esters is 1. The number of hydrogen-bond acceptors (Lipinski definition) is 2. The molecule has 0 saturated carbocycles. The van der Waals surface area contributed by atoms with E-state index in [0.29, 0.717) is 5.56 Å². The molecule has 0 saturated heterocycles. The Morgan fingerprint density at radius 2 is 1.95 bits per heavy atom. The van der Waals surface area contributed by atoms with Crippen molar-refractivity contribution in [2.24, 2.45) is 0 Å². The molecule has 1 aromatic rings. The quantitative estimate of drug-likeness (QED) is 0.366. The molecule has 0 fully saturated rings. The lowest BCUT2D eigenvalue weighted by molar-refractivity contribution is -0.137. The summed E-state index contributed by atoms with van der Waals surface area (Å²) in [6.45, 7) is 1.89. The molecule has 0 heterocycles. The zero-order valence-electron chi connectivity index (χ0n) is 11.3. The molecule has 1 rings (SSSR count). The summed E-state index contributed by atoms with van der Waals surface area (Å²) >= 11 is 0. The van der Waals surface area contributed by atoms with Crippen LogP contribution in [0.15, 0.2) is 48.6 Å². The van der Waals surface area contributed by atoms with Gasteiger partial charge in [0.2, 0.25) is 0 Å². The maximum Gasteiger partial charge on any atom is 0.458 e. The largest absolute Gasteiger partial charge is 0.463 e. The van der Waals surface area contributed by atoms with Gasteiger partial charge in [0, 0.05) is 17.6 Å². The third kappa shape index (κ3) is 7.02. The molecule has 0 aliphatic heterocycles. The summed E-state index contributed by atoms with van der Waals surface area (Å²) in [6.07, 6.45) is -0.795. The number of rotatable bonds is 4. The number of halogens is 3. The monoisotopic (exact) mass is 294 g/mol. The van der Waals surface area contributed by atoms with Crippen LogP contribution in [0.5, 0.6) is 0 Å². The van der Waals surface area contributed by atoms with Crippen molar-refractivity contribution >= 4 is 11.5 Å². The van der Waals surface area contributed by atoms with Gasteiger partial charge in [-0.1, -0.05) is 42.3 Å². The molecule has 0 unspecified atom stereocenters. The van der Waals surface area contributed by atoms with Crippen molar-refractivity contribution in [3.05, 3.63) is 54.1 Å². The fraction of sp³-hybridized carbons (Fsp3) is 0.188. The molecule has 0 aromatic heterocycles. The number of alkyl halides is 3. The van der Waals surface area contributed by atoms with Crippen molar-refractivity contribution in [1.29, 1.82) is 0 Å². The predicted molar refractivity (Wildman–Crippen MR) is 74.0 cm³/mol. The summed E-state index contributed by atoms with van der Waals surface area (Å²) in [4.78, 5) is 11.1. The van der Waals surface area contributed by atoms with Gasteiger partial charge in [0.15, 0.2) is 0 Å². The van der Waals surface area contributed by atoms with Crippen LogP contribution in [0.2, 0.25) is 0 Å². The number of carbonyl (C=O) groups excluding carboxylic acids is 1. The Hall–Kier alpha value is -2.48. The lowest BCUT2D eigenvalue weighted by Gasteiger charge is -1.99. The SMILES string of the molecule is CCOC(=O)/C=C/C=C(\C#CC(F)(F)F)c1ccccc1. The van der Waals surface area contributed by atoms with Crippen LogP contribution in [0.4, 0.5) is 13.2 Å². The van der Waals surface area contributed by atoms with Gasteiger partial charge in [-0.3, -0.25) is 0 Å². The Bertz CT molecular complexity index is 587. The van der Waals surface area contributed by atoms with E-state index in [-0.39, 0.29) is 12.2 Å². The van der Waals surface area contributed by atoms with Crippen LogP contribution < -0.4 is 0 Å². The lowest BCUT2D eigenvalue weighted by atomic mass is 10.1. The van der Waals surface area contributed by atoms with E-state index in [1.165, 1.54) is 18.1 Å². The Labute approximate surface area is 120 Å². The van der Waals surface area contributed by atoms with Crippen molar-refractivity contribution in [3.63, 3.8) is 0 Å². The van der Waals surface area contributed by atoms with Crippen LogP contribution in [0, 0.1) is 11.8 Å². The summed E-state index contributed by atoms with van der Waals surface area (Å²) in [5, 5.41) is 0. The predicted octanol–water partition coefficient (Wildman–Crippen LogP) is 3.76. The molecular weight excluding hydrogens is 281 g/mol. The van der Waals surface area contributed by atoms with Crippen molar-refractivity contribution in [2.45, 2.75) is 13.1 Å². The zero-order valence-corrected chi connectivity index (χ0v) is 11.3. The fourth-order valence-electron chi connectivity index (χ4n) is 1.38. The van der Waals surface area contributed by atoms with Gasteiger partial charge in [-0.25, -0.2) is 4.79 Å². The van der Waals surface area contributed by atoms with E-state index in [1.807, 2.05) is 0 Å². The molecule has 0 N–H and O–H groups in total. The van der Waals surface area contributed by atoms with Gasteiger partial charge in [0.1, 0.15) is 0 Å². The van der Waals surface area contributed by atoms with Crippen LogP contribution in [0.3, 0.4) is 0 Å². The number of allylic oxidation sites excluding steroid dienone is 3. The first-order chi connectivity index (χ1) is 9.92. The molecule has 0 aliphatic carbocycles. The summed E-state index contributed by atoms with van der Waals surface area (Å²) < 4.78 is 41.2. The highest BCUT2D eigenvalue weighted by atomic mass is 19.4. The third-order valence-electron chi connectivity index (χ3n) is 2.21. The van der Waals surface area contributed by atoms with Gasteiger partial charge in [0.25, 0.3) is 0 Å². The highest BCUT2D eigenvalue weighted by molar-refractivity contribution is 5.84. The van der Waals surface area contributed by atoms with Crippen LogP contribution in [-0.4, -0.2) is 18.8 Å². The fourth-order valence-corrected chi connectivity index (χ4v) is 1.38. The first-order valence-electron chi connectivity index (χ1n) is 6.13. The molecule has 0 spiro atoms. The normalized spacial score (nSPS) is 11.9. The summed E-state index contributed by atoms with van der Waals surface area (Å²) in [5.41, 5.74) is 0.691. The molecule has 5 heteroatoms. The van der Waals surface area contributed by atoms with Crippen molar-refractivity contribution in [2.75, 3.05) is 6.61 Å². The molecule has 0 amide bonds. The Kier molecular flexibility index (Phi) is 6.28. The van der Waals surface area contributed by atoms with Gasteiger partial charge < -0.3 is 4.74 Å². The molecule has 1 aromatic carbocycles. The highest BCUT2D eigenvalue weighted by Gasteiger charge is 2.23. The Morgan fingerprint density at radius 3 is 2.52 bits per heavy atom. The molecule has 0 bridgehead atoms. The van der Waals surface area contributed by atoms with E-state index < -0.39 is 12.1 Å². The molecule has 0 aliphatic rings. The van der Waals surface area contributed by atoms with E-state index in [2.05, 4.69) is 10.7 Å². The first-order valence-corrected chi connectivity index (χ1v) is 6.13. The molecule has 0 atom stereocenters. The lowest BCUT2D eigenvalue weighted by Crippen LogP contribution is -2.01. The standard InChI is InChI=1S/C16H13F3O2/c1-2-21-15(20)10-6-9-14(11-12-16(17,18)19)13-7-4-3-5-8-13/h3-10H,2H2,1H3/b10-6+,14-9+. The number of carbonyl (C=O) groups is 1. The Morgan fingerprint density at radius 1 is 1.29 bits per heavy atom. The van der Waals surface area contributed by atoms with Gasteiger partial charge in [-0.2, -0.15) is 13.2 Å². The summed E-state index contributed by atoms with van der Waals surface area (Å²) in [5.74, 6) is 2.71. The van der Waals surface area contributed by atoms with E-state index >= 15 is 0 Å². The van der Waals surface area contributed by atoms with Gasteiger partial charge >= 0.3 is 12.1 Å². The van der Waals surface area contributed by atoms with E-state index in [0.717, 1.165) is 6.08 Å². The van der Waals surface area contributed by atoms with Crippen LogP contribution in [0.1, 0.15) is 12.5 Å². The van der Waals surface area contributed by atoms with E-state index in [9.17, 15) is 18.0 Å². The minimum atomic E-state index is -4.57. The maximum atomic E-state index is 12.2. The highest BCUT2D eigenvalue weighted by Crippen LogP contribution is 2.16. The number of hydrogen-bond donors (Lipinski definition) is 0. The molecule has 110 valence electrons. The van der Waals surface area contributed by atoms with E-state index in [4.69, 9.17) is 0 Å². The van der Waals surface area contributed by atoms with Crippen molar-refractivity contribution in [1.82, 2.24) is 0 Å². The van der Waals surface area contributed by atoms with Gasteiger partial charge in [-0.05, 0) is 18.6 Å². The average molecular weight is 294 g/mol. The average Bonchev–Trinajstić information content (AvgIpc) is 2.43. The number of ether oxygens (including phenoxy) is 1. The smallest absolute Gasteiger partial charge is 0.458 e. The van der Waals surface area contributed by atoms with E-state index in [1.54, 1.807) is 37.3 Å². The second-order valence-corrected chi connectivity index (χ2v) is 3.81. The summed E-state index contributed by atoms with van der Waals surface area (Å²) in [7, 11) is 0. The number of benzene rings is 1. The summed E-state index contributed by atoms with van der Waals surface area (Å²) in [6, 6.07) is 8.39. The maximum absolute atomic E-state index is 12.2. The molecular formula is C16H13F3O2. The van der Waals surface area contributed by atoms with Crippen LogP contribution in [-0.2, 0) is 9.53 Å². The molecule has 21 heavy (non-hydrogen) atoms. The molecule has 2 nitrogen and oxygen atoms in total. The first kappa shape index (κ1) is 16.6.